The molecule has 0 spiro atoms. The zero-order valence-electron chi connectivity index (χ0n) is 12.1. The van der Waals surface area contributed by atoms with Gasteiger partial charge in [0.1, 0.15) is 16.2 Å². The molecule has 0 unspecified atom stereocenters. The third-order valence-electron chi connectivity index (χ3n) is 3.29. The second-order valence-electron chi connectivity index (χ2n) is 4.72. The first-order chi connectivity index (χ1) is 11.3. The summed E-state index contributed by atoms with van der Waals surface area (Å²) in [5.74, 6) is 6.81. The van der Waals surface area contributed by atoms with Gasteiger partial charge >= 0.3 is 0 Å². The third kappa shape index (κ3) is 2.60. The van der Waals surface area contributed by atoms with Gasteiger partial charge in [-0.1, -0.05) is 13.0 Å². The molecular formula is C14H12N6S3. The Bertz CT molecular complexity index is 956. The predicted molar refractivity (Wildman–Crippen MR) is 94.4 cm³/mol. The fourth-order valence-corrected chi connectivity index (χ4v) is 4.66. The summed E-state index contributed by atoms with van der Waals surface area (Å²) in [6, 6.07) is 6.08. The van der Waals surface area contributed by atoms with Crippen LogP contribution < -0.4 is 5.84 Å². The van der Waals surface area contributed by atoms with Gasteiger partial charge in [-0.2, -0.15) is 0 Å². The fraction of sp³-hybridized carbons (Fsp3) is 0.143. The van der Waals surface area contributed by atoms with Gasteiger partial charge in [-0.25, -0.2) is 14.6 Å². The first kappa shape index (κ1) is 14.6. The maximum absolute atomic E-state index is 6.15. The zero-order chi connectivity index (χ0) is 15.8. The van der Waals surface area contributed by atoms with E-state index >= 15 is 0 Å². The highest BCUT2D eigenvalue weighted by molar-refractivity contribution is 7.99. The van der Waals surface area contributed by atoms with Crippen LogP contribution in [0.15, 0.2) is 40.1 Å². The minimum atomic E-state index is 0.609. The van der Waals surface area contributed by atoms with E-state index in [2.05, 4.69) is 33.2 Å². The van der Waals surface area contributed by atoms with Crippen LogP contribution in [0.5, 0.6) is 0 Å². The largest absolute Gasteiger partial charge is 0.335 e. The highest BCUT2D eigenvalue weighted by Crippen LogP contribution is 2.34. The summed E-state index contributed by atoms with van der Waals surface area (Å²) < 4.78 is 1.51. The summed E-state index contributed by atoms with van der Waals surface area (Å²) in [4.78, 5) is 12.0. The molecule has 0 aliphatic heterocycles. The Morgan fingerprint density at radius 2 is 2.22 bits per heavy atom. The van der Waals surface area contributed by atoms with Crippen molar-refractivity contribution in [3.8, 4) is 10.7 Å². The van der Waals surface area contributed by atoms with Gasteiger partial charge in [0.2, 0.25) is 5.16 Å². The van der Waals surface area contributed by atoms with Crippen molar-refractivity contribution in [3.05, 3.63) is 34.8 Å². The highest BCUT2D eigenvalue weighted by Gasteiger charge is 2.16. The number of aryl methyl sites for hydroxylation is 1. The van der Waals surface area contributed by atoms with Crippen molar-refractivity contribution in [2.24, 2.45) is 0 Å². The van der Waals surface area contributed by atoms with Gasteiger partial charge in [-0.15, -0.1) is 32.9 Å². The maximum Gasteiger partial charge on any atom is 0.216 e. The quantitative estimate of drug-likeness (QED) is 0.443. The molecule has 0 saturated heterocycles. The van der Waals surface area contributed by atoms with Crippen LogP contribution in [0.4, 0.5) is 0 Å². The summed E-state index contributed by atoms with van der Waals surface area (Å²) >= 11 is 4.68. The van der Waals surface area contributed by atoms with Crippen molar-refractivity contribution < 1.29 is 0 Å². The summed E-state index contributed by atoms with van der Waals surface area (Å²) in [7, 11) is 0. The molecule has 116 valence electrons. The molecule has 0 fully saturated rings. The van der Waals surface area contributed by atoms with Crippen LogP contribution in [0.3, 0.4) is 0 Å². The molecule has 6 nitrogen and oxygen atoms in total. The van der Waals surface area contributed by atoms with Crippen LogP contribution in [0.1, 0.15) is 11.8 Å². The van der Waals surface area contributed by atoms with E-state index in [-0.39, 0.29) is 0 Å². The summed E-state index contributed by atoms with van der Waals surface area (Å²) in [6.07, 6.45) is 2.57. The molecule has 0 atom stereocenters. The van der Waals surface area contributed by atoms with E-state index < -0.39 is 0 Å². The Morgan fingerprint density at radius 1 is 1.30 bits per heavy atom. The van der Waals surface area contributed by atoms with Gasteiger partial charge in [0.15, 0.2) is 5.82 Å². The number of fused-ring (bicyclic) bond motifs is 1. The minimum Gasteiger partial charge on any atom is -0.335 e. The van der Waals surface area contributed by atoms with Gasteiger partial charge < -0.3 is 5.84 Å². The molecule has 0 aromatic carbocycles. The summed E-state index contributed by atoms with van der Waals surface area (Å²) in [5, 5.41) is 12.9. The molecule has 9 heteroatoms. The zero-order valence-corrected chi connectivity index (χ0v) is 14.6. The van der Waals surface area contributed by atoms with E-state index in [0.29, 0.717) is 11.0 Å². The molecule has 23 heavy (non-hydrogen) atoms. The third-order valence-corrected chi connectivity index (χ3v) is 6.32. The first-order valence-electron chi connectivity index (χ1n) is 6.92. The van der Waals surface area contributed by atoms with Gasteiger partial charge in [0, 0.05) is 10.3 Å². The Hall–Kier alpha value is -1.97. The van der Waals surface area contributed by atoms with Gasteiger partial charge in [0.25, 0.3) is 0 Å². The van der Waals surface area contributed by atoms with Crippen molar-refractivity contribution in [2.75, 3.05) is 5.84 Å². The molecule has 4 heterocycles. The number of hydrogen-bond donors (Lipinski definition) is 1. The SMILES string of the molecule is CCc1cc2c(Sc3nnc(-c4cccs4)n3N)ncnc2s1. The maximum atomic E-state index is 6.15. The fourth-order valence-electron chi connectivity index (χ4n) is 2.15. The molecule has 4 aromatic heterocycles. The van der Waals surface area contributed by atoms with Gasteiger partial charge in [-0.05, 0) is 35.7 Å². The molecular weight excluding hydrogens is 348 g/mol. The average Bonchev–Trinajstić information content (AvgIpc) is 3.28. The van der Waals surface area contributed by atoms with E-state index in [1.165, 1.54) is 21.3 Å². The molecule has 2 N–H and O–H groups in total. The number of nitrogen functional groups attached to an aromatic ring is 1. The highest BCUT2D eigenvalue weighted by atomic mass is 32.2. The van der Waals surface area contributed by atoms with E-state index in [9.17, 15) is 0 Å². The van der Waals surface area contributed by atoms with E-state index in [1.54, 1.807) is 29.0 Å². The van der Waals surface area contributed by atoms with Crippen molar-refractivity contribution in [2.45, 2.75) is 23.5 Å². The van der Waals surface area contributed by atoms with Crippen molar-refractivity contribution in [1.29, 1.82) is 0 Å². The second kappa shape index (κ2) is 5.91. The topological polar surface area (TPSA) is 82.5 Å². The van der Waals surface area contributed by atoms with Gasteiger partial charge in [0.05, 0.1) is 4.88 Å². The van der Waals surface area contributed by atoms with E-state index in [0.717, 1.165) is 26.5 Å². The van der Waals surface area contributed by atoms with Crippen LogP contribution in [0, 0.1) is 0 Å². The van der Waals surface area contributed by atoms with Gasteiger partial charge in [-0.3, -0.25) is 0 Å². The van der Waals surface area contributed by atoms with E-state index in [1.807, 2.05) is 17.5 Å². The average molecular weight is 360 g/mol. The van der Waals surface area contributed by atoms with E-state index in [4.69, 9.17) is 5.84 Å². The second-order valence-corrected chi connectivity index (χ2v) is 7.74. The van der Waals surface area contributed by atoms with Crippen LogP contribution >= 0.6 is 34.4 Å². The minimum absolute atomic E-state index is 0.609. The smallest absolute Gasteiger partial charge is 0.216 e. The molecule has 4 rings (SSSR count). The molecule has 0 saturated carbocycles. The molecule has 4 aromatic rings. The number of thiophene rings is 2. The lowest BCUT2D eigenvalue weighted by molar-refractivity contribution is 0.848. The van der Waals surface area contributed by atoms with Crippen LogP contribution in [-0.4, -0.2) is 24.8 Å². The van der Waals surface area contributed by atoms with Crippen LogP contribution in [0.2, 0.25) is 0 Å². The number of nitrogens with zero attached hydrogens (tertiary/aromatic N) is 5. The number of rotatable bonds is 4. The predicted octanol–water partition coefficient (Wildman–Crippen LogP) is 3.44. The summed E-state index contributed by atoms with van der Waals surface area (Å²) in [5.41, 5.74) is 0. The first-order valence-corrected chi connectivity index (χ1v) is 9.43. The molecule has 0 amide bonds. The van der Waals surface area contributed by atoms with Crippen molar-refractivity contribution >= 4 is 44.7 Å². The van der Waals surface area contributed by atoms with Crippen LogP contribution in [-0.2, 0) is 6.42 Å². The lowest BCUT2D eigenvalue weighted by Gasteiger charge is -2.02. The molecule has 0 aliphatic carbocycles. The number of nitrogens with two attached hydrogens (primary N) is 1. The molecule has 0 radical (unpaired) electrons. The Kier molecular flexibility index (Phi) is 3.76. The lowest BCUT2D eigenvalue weighted by Crippen LogP contribution is -2.11. The van der Waals surface area contributed by atoms with Crippen molar-refractivity contribution in [3.63, 3.8) is 0 Å². The molecule has 0 aliphatic rings. The number of aromatic nitrogens is 5. The monoisotopic (exact) mass is 360 g/mol. The lowest BCUT2D eigenvalue weighted by atomic mass is 10.3. The normalized spacial score (nSPS) is 11.3. The Labute approximate surface area is 144 Å². The standard InChI is InChI=1S/C14H12N6S3/c1-2-8-6-9-12(22-8)16-7-17-13(9)23-14-19-18-11(20(14)15)10-4-3-5-21-10/h3-7H,2,15H2,1H3. The number of hydrogen-bond acceptors (Lipinski definition) is 8. The molecule has 0 bridgehead atoms. The Balaban J connectivity index is 1.73. The van der Waals surface area contributed by atoms with Crippen LogP contribution in [0.25, 0.3) is 20.9 Å². The van der Waals surface area contributed by atoms with Crippen molar-refractivity contribution in [1.82, 2.24) is 24.8 Å². The Morgan fingerprint density at radius 3 is 3.00 bits per heavy atom. The summed E-state index contributed by atoms with van der Waals surface area (Å²) in [6.45, 7) is 2.13.